The zero-order chi connectivity index (χ0) is 15.5. The molecule has 114 valence electrons. The predicted molar refractivity (Wildman–Crippen MR) is 85.4 cm³/mol. The second kappa shape index (κ2) is 6.46. The van der Waals surface area contributed by atoms with Crippen LogP contribution in [0, 0.1) is 6.92 Å². The van der Waals surface area contributed by atoms with Crippen molar-refractivity contribution in [2.45, 2.75) is 24.6 Å². The summed E-state index contributed by atoms with van der Waals surface area (Å²) in [6.07, 6.45) is 0. The van der Waals surface area contributed by atoms with Gasteiger partial charge in [-0.1, -0.05) is 6.07 Å². The van der Waals surface area contributed by atoms with E-state index < -0.39 is 10.0 Å². The van der Waals surface area contributed by atoms with Gasteiger partial charge in [0.2, 0.25) is 0 Å². The number of hydrogen-bond donors (Lipinski definition) is 2. The summed E-state index contributed by atoms with van der Waals surface area (Å²) in [5.41, 5.74) is 6.96. The number of benzene rings is 1. The first-order valence-corrected chi connectivity index (χ1v) is 8.81. The quantitative estimate of drug-likeness (QED) is 0.855. The Morgan fingerprint density at radius 1 is 1.33 bits per heavy atom. The molecule has 1 aromatic carbocycles. The van der Waals surface area contributed by atoms with Crippen LogP contribution in [0.2, 0.25) is 0 Å². The lowest BCUT2D eigenvalue weighted by molar-refractivity contribution is 0.340. The average molecular weight is 326 g/mol. The summed E-state index contributed by atoms with van der Waals surface area (Å²) in [5.74, 6) is 0.628. The number of sulfonamides is 1. The van der Waals surface area contributed by atoms with E-state index in [1.165, 1.54) is 11.3 Å². The van der Waals surface area contributed by atoms with E-state index in [9.17, 15) is 8.42 Å². The fraction of sp³-hybridized carbons (Fsp3) is 0.286. The molecule has 0 amide bonds. The highest BCUT2D eigenvalue weighted by atomic mass is 32.2. The molecule has 0 aliphatic carbocycles. The van der Waals surface area contributed by atoms with Crippen LogP contribution in [-0.4, -0.2) is 15.0 Å². The Kier molecular flexibility index (Phi) is 4.87. The Hall–Kier alpha value is -1.57. The minimum absolute atomic E-state index is 0.266. The summed E-state index contributed by atoms with van der Waals surface area (Å²) >= 11 is 1.19. The van der Waals surface area contributed by atoms with Crippen molar-refractivity contribution in [2.75, 3.05) is 11.3 Å². The molecule has 1 aromatic heterocycles. The van der Waals surface area contributed by atoms with Gasteiger partial charge in [-0.3, -0.25) is 4.72 Å². The molecule has 0 saturated carbocycles. The number of hydrogen-bond acceptors (Lipinski definition) is 5. The molecular formula is C14H18N2O3S2. The Bertz CT molecular complexity index is 724. The van der Waals surface area contributed by atoms with E-state index in [1.54, 1.807) is 30.3 Å². The summed E-state index contributed by atoms with van der Waals surface area (Å²) in [4.78, 5) is 0.874. The van der Waals surface area contributed by atoms with Crippen molar-refractivity contribution in [1.82, 2.24) is 0 Å². The van der Waals surface area contributed by atoms with Gasteiger partial charge < -0.3 is 10.5 Å². The Morgan fingerprint density at radius 3 is 2.71 bits per heavy atom. The van der Waals surface area contributed by atoms with Crippen LogP contribution in [0.1, 0.15) is 17.4 Å². The first-order valence-electron chi connectivity index (χ1n) is 6.51. The average Bonchev–Trinajstić information content (AvgIpc) is 2.81. The Balaban J connectivity index is 2.26. The van der Waals surface area contributed by atoms with Crippen LogP contribution < -0.4 is 15.2 Å². The molecule has 7 heteroatoms. The molecule has 0 saturated heterocycles. The van der Waals surface area contributed by atoms with E-state index in [-0.39, 0.29) is 4.21 Å². The number of rotatable bonds is 6. The smallest absolute Gasteiger partial charge is 0.271 e. The zero-order valence-corrected chi connectivity index (χ0v) is 13.6. The molecule has 0 unspecified atom stereocenters. The van der Waals surface area contributed by atoms with Crippen molar-refractivity contribution < 1.29 is 13.2 Å². The van der Waals surface area contributed by atoms with Crippen LogP contribution in [-0.2, 0) is 16.6 Å². The van der Waals surface area contributed by atoms with Gasteiger partial charge in [-0.05, 0) is 37.6 Å². The molecule has 0 fully saturated rings. The van der Waals surface area contributed by atoms with Crippen molar-refractivity contribution in [3.05, 3.63) is 40.8 Å². The molecule has 3 N–H and O–H groups in total. The summed E-state index contributed by atoms with van der Waals surface area (Å²) in [6, 6.07) is 8.51. The summed E-state index contributed by atoms with van der Waals surface area (Å²) in [6.45, 7) is 4.60. The molecular weight excluding hydrogens is 308 g/mol. The molecule has 0 bridgehead atoms. The monoisotopic (exact) mass is 326 g/mol. The largest absolute Gasteiger partial charge is 0.494 e. The second-order valence-corrected chi connectivity index (χ2v) is 7.49. The molecule has 2 rings (SSSR count). The highest BCUT2D eigenvalue weighted by Gasteiger charge is 2.18. The van der Waals surface area contributed by atoms with Gasteiger partial charge in [0.15, 0.2) is 0 Å². The molecule has 0 radical (unpaired) electrons. The lowest BCUT2D eigenvalue weighted by Gasteiger charge is -2.08. The fourth-order valence-corrected chi connectivity index (χ4v) is 4.36. The van der Waals surface area contributed by atoms with Crippen LogP contribution in [0.15, 0.2) is 34.5 Å². The zero-order valence-electron chi connectivity index (χ0n) is 11.9. The summed E-state index contributed by atoms with van der Waals surface area (Å²) in [7, 11) is -3.60. The third-order valence-electron chi connectivity index (χ3n) is 2.85. The molecule has 1 heterocycles. The maximum atomic E-state index is 12.4. The van der Waals surface area contributed by atoms with E-state index in [2.05, 4.69) is 4.72 Å². The lowest BCUT2D eigenvalue weighted by atomic mass is 10.3. The van der Waals surface area contributed by atoms with Gasteiger partial charge >= 0.3 is 0 Å². The summed E-state index contributed by atoms with van der Waals surface area (Å²) < 4.78 is 32.9. The van der Waals surface area contributed by atoms with E-state index in [1.807, 2.05) is 13.8 Å². The van der Waals surface area contributed by atoms with Gasteiger partial charge in [0, 0.05) is 17.5 Å². The first kappa shape index (κ1) is 15.8. The normalized spacial score (nSPS) is 11.4. The third kappa shape index (κ3) is 3.75. The van der Waals surface area contributed by atoms with Crippen molar-refractivity contribution >= 4 is 27.0 Å². The van der Waals surface area contributed by atoms with Crippen molar-refractivity contribution in [1.29, 1.82) is 0 Å². The third-order valence-corrected chi connectivity index (χ3v) is 5.96. The minimum atomic E-state index is -3.60. The van der Waals surface area contributed by atoms with Crippen molar-refractivity contribution in [2.24, 2.45) is 5.73 Å². The maximum absolute atomic E-state index is 12.4. The number of thiophene rings is 1. The number of anilines is 1. The molecule has 0 spiro atoms. The van der Waals surface area contributed by atoms with Crippen LogP contribution in [0.4, 0.5) is 5.69 Å². The van der Waals surface area contributed by atoms with Crippen molar-refractivity contribution in [3.63, 3.8) is 0 Å². The van der Waals surface area contributed by atoms with E-state index in [0.29, 0.717) is 24.6 Å². The van der Waals surface area contributed by atoms with Gasteiger partial charge in [0.1, 0.15) is 9.96 Å². The highest BCUT2D eigenvalue weighted by Crippen LogP contribution is 2.28. The fourth-order valence-electron chi connectivity index (χ4n) is 1.85. The topological polar surface area (TPSA) is 81.4 Å². The molecule has 5 nitrogen and oxygen atoms in total. The predicted octanol–water partition coefficient (Wildman–Crippen LogP) is 2.71. The van der Waals surface area contributed by atoms with Gasteiger partial charge in [0.25, 0.3) is 10.0 Å². The van der Waals surface area contributed by atoms with Crippen LogP contribution >= 0.6 is 11.3 Å². The van der Waals surface area contributed by atoms with E-state index in [0.717, 1.165) is 10.4 Å². The van der Waals surface area contributed by atoms with Gasteiger partial charge in [-0.25, -0.2) is 8.42 Å². The number of ether oxygens (including phenoxy) is 1. The van der Waals surface area contributed by atoms with Crippen LogP contribution in [0.3, 0.4) is 0 Å². The minimum Gasteiger partial charge on any atom is -0.494 e. The number of aryl methyl sites for hydroxylation is 1. The van der Waals surface area contributed by atoms with Crippen molar-refractivity contribution in [3.8, 4) is 5.75 Å². The lowest BCUT2D eigenvalue weighted by Crippen LogP contribution is -2.11. The molecule has 2 aromatic rings. The SMILES string of the molecule is CCOc1cccc(NS(=O)(=O)c2cc(C)c(CN)s2)c1. The first-order chi connectivity index (χ1) is 9.96. The number of nitrogens with two attached hydrogens (primary N) is 1. The maximum Gasteiger partial charge on any atom is 0.271 e. The second-order valence-electron chi connectivity index (χ2n) is 4.44. The standard InChI is InChI=1S/C14H18N2O3S2/c1-3-19-12-6-4-5-11(8-12)16-21(17,18)14-7-10(2)13(9-15)20-14/h4-8,16H,3,9,15H2,1-2H3. The molecule has 0 aliphatic heterocycles. The molecule has 0 atom stereocenters. The van der Waals surface area contributed by atoms with Crippen LogP contribution in [0.5, 0.6) is 5.75 Å². The highest BCUT2D eigenvalue weighted by molar-refractivity contribution is 7.94. The Labute approximate surface area is 128 Å². The summed E-state index contributed by atoms with van der Waals surface area (Å²) in [5, 5.41) is 0. The Morgan fingerprint density at radius 2 is 2.10 bits per heavy atom. The van der Waals surface area contributed by atoms with Gasteiger partial charge in [-0.15, -0.1) is 11.3 Å². The molecule has 0 aliphatic rings. The number of nitrogens with one attached hydrogen (secondary N) is 1. The molecule has 21 heavy (non-hydrogen) atoms. The van der Waals surface area contributed by atoms with E-state index >= 15 is 0 Å². The van der Waals surface area contributed by atoms with Gasteiger partial charge in [0.05, 0.1) is 12.3 Å². The van der Waals surface area contributed by atoms with E-state index in [4.69, 9.17) is 10.5 Å². The van der Waals surface area contributed by atoms with Crippen LogP contribution in [0.25, 0.3) is 0 Å². The van der Waals surface area contributed by atoms with Gasteiger partial charge in [-0.2, -0.15) is 0 Å².